The SMILES string of the molecule is NC(=O)c1cn2c(-c3ccccc3)c(-c3ccc(C4(N)CCC4)cc3)nc2cn1. The lowest BCUT2D eigenvalue weighted by Gasteiger charge is -2.38. The first-order valence-corrected chi connectivity index (χ1v) is 9.68. The van der Waals surface area contributed by atoms with Crippen LogP contribution in [0, 0.1) is 0 Å². The van der Waals surface area contributed by atoms with Gasteiger partial charge >= 0.3 is 0 Å². The standard InChI is InChI=1S/C23H21N5O/c24-22(29)18-14-28-19(13-26-18)27-20(21(28)16-5-2-1-3-6-16)15-7-9-17(10-8-15)23(25)11-4-12-23/h1-3,5-10,13-14H,4,11-12,25H2,(H2,24,29). The minimum Gasteiger partial charge on any atom is -0.364 e. The van der Waals surface area contributed by atoms with Crippen molar-refractivity contribution in [3.05, 3.63) is 78.2 Å². The lowest BCUT2D eigenvalue weighted by molar-refractivity contribution is 0.0995. The number of benzene rings is 2. The highest BCUT2D eigenvalue weighted by molar-refractivity contribution is 5.91. The summed E-state index contributed by atoms with van der Waals surface area (Å²) in [7, 11) is 0. The van der Waals surface area contributed by atoms with Crippen molar-refractivity contribution >= 4 is 11.6 Å². The predicted octanol–water partition coefficient (Wildman–Crippen LogP) is 3.50. The molecule has 0 unspecified atom stereocenters. The Bertz CT molecular complexity index is 1210. The number of aromatic nitrogens is 3. The number of fused-ring (bicyclic) bond motifs is 1. The fourth-order valence-electron chi connectivity index (χ4n) is 3.96. The molecule has 1 fully saturated rings. The van der Waals surface area contributed by atoms with E-state index in [-0.39, 0.29) is 11.2 Å². The normalized spacial score (nSPS) is 15.2. The first-order valence-electron chi connectivity index (χ1n) is 9.68. The molecule has 0 spiro atoms. The molecule has 0 aliphatic heterocycles. The molecule has 2 aromatic heterocycles. The van der Waals surface area contributed by atoms with Crippen molar-refractivity contribution in [3.63, 3.8) is 0 Å². The van der Waals surface area contributed by atoms with Crippen LogP contribution in [0.3, 0.4) is 0 Å². The number of amides is 1. The Morgan fingerprint density at radius 2 is 1.72 bits per heavy atom. The molecule has 0 radical (unpaired) electrons. The quantitative estimate of drug-likeness (QED) is 0.563. The predicted molar refractivity (Wildman–Crippen MR) is 112 cm³/mol. The first-order chi connectivity index (χ1) is 14.0. The van der Waals surface area contributed by atoms with Crippen LogP contribution in [0.5, 0.6) is 0 Å². The number of carbonyl (C=O) groups is 1. The van der Waals surface area contributed by atoms with Crippen molar-refractivity contribution in [2.24, 2.45) is 11.5 Å². The van der Waals surface area contributed by atoms with Gasteiger partial charge in [-0.2, -0.15) is 0 Å². The van der Waals surface area contributed by atoms with Gasteiger partial charge in [0.05, 0.1) is 17.6 Å². The molecule has 0 bridgehead atoms. The molecule has 29 heavy (non-hydrogen) atoms. The van der Waals surface area contributed by atoms with E-state index in [0.717, 1.165) is 40.9 Å². The average Bonchev–Trinajstić information content (AvgIpc) is 3.11. The highest BCUT2D eigenvalue weighted by atomic mass is 16.1. The lowest BCUT2D eigenvalue weighted by atomic mass is 9.72. The van der Waals surface area contributed by atoms with Crippen molar-refractivity contribution in [2.45, 2.75) is 24.8 Å². The van der Waals surface area contributed by atoms with E-state index in [1.807, 2.05) is 34.7 Å². The Balaban J connectivity index is 1.69. The van der Waals surface area contributed by atoms with Gasteiger partial charge in [-0.25, -0.2) is 9.97 Å². The summed E-state index contributed by atoms with van der Waals surface area (Å²) in [6, 6.07) is 18.3. The summed E-state index contributed by atoms with van der Waals surface area (Å²) in [6.45, 7) is 0. The summed E-state index contributed by atoms with van der Waals surface area (Å²) in [5.74, 6) is -0.570. The fraction of sp³-hybridized carbons (Fsp3) is 0.174. The van der Waals surface area contributed by atoms with E-state index < -0.39 is 5.91 Å². The molecule has 6 heteroatoms. The van der Waals surface area contributed by atoms with Gasteiger partial charge in [0.2, 0.25) is 0 Å². The average molecular weight is 383 g/mol. The molecular formula is C23H21N5O. The zero-order valence-electron chi connectivity index (χ0n) is 15.9. The molecule has 5 rings (SSSR count). The van der Waals surface area contributed by atoms with E-state index >= 15 is 0 Å². The van der Waals surface area contributed by atoms with Gasteiger partial charge < -0.3 is 11.5 Å². The molecule has 2 heterocycles. The van der Waals surface area contributed by atoms with Crippen LogP contribution in [-0.2, 0) is 5.54 Å². The number of hydrogen-bond acceptors (Lipinski definition) is 4. The number of carbonyl (C=O) groups excluding carboxylic acids is 1. The highest BCUT2D eigenvalue weighted by Crippen LogP contribution is 2.40. The molecule has 0 saturated heterocycles. The molecule has 1 saturated carbocycles. The largest absolute Gasteiger partial charge is 0.364 e. The van der Waals surface area contributed by atoms with Crippen LogP contribution in [0.1, 0.15) is 35.3 Å². The molecule has 4 N–H and O–H groups in total. The molecule has 2 aromatic carbocycles. The third-order valence-corrected chi connectivity index (χ3v) is 5.79. The van der Waals surface area contributed by atoms with Crippen LogP contribution in [0.2, 0.25) is 0 Å². The van der Waals surface area contributed by atoms with Crippen molar-refractivity contribution < 1.29 is 4.79 Å². The lowest BCUT2D eigenvalue weighted by Crippen LogP contribution is -2.43. The zero-order valence-corrected chi connectivity index (χ0v) is 15.9. The van der Waals surface area contributed by atoms with E-state index in [0.29, 0.717) is 5.65 Å². The second kappa shape index (κ2) is 6.53. The van der Waals surface area contributed by atoms with Crippen LogP contribution in [0.25, 0.3) is 28.2 Å². The van der Waals surface area contributed by atoms with Crippen LogP contribution in [0.4, 0.5) is 0 Å². The molecule has 6 nitrogen and oxygen atoms in total. The maximum atomic E-state index is 11.6. The Labute approximate surface area is 168 Å². The summed E-state index contributed by atoms with van der Waals surface area (Å²) >= 11 is 0. The first kappa shape index (κ1) is 17.6. The Kier molecular flexibility index (Phi) is 3.96. The van der Waals surface area contributed by atoms with Crippen molar-refractivity contribution in [1.29, 1.82) is 0 Å². The van der Waals surface area contributed by atoms with Crippen LogP contribution >= 0.6 is 0 Å². The number of rotatable bonds is 4. The van der Waals surface area contributed by atoms with Crippen LogP contribution in [-0.4, -0.2) is 20.3 Å². The summed E-state index contributed by atoms with van der Waals surface area (Å²) in [5, 5.41) is 0. The van der Waals surface area contributed by atoms with Gasteiger partial charge in [-0.15, -0.1) is 0 Å². The van der Waals surface area contributed by atoms with Gasteiger partial charge in [-0.05, 0) is 24.8 Å². The summed E-state index contributed by atoms with van der Waals surface area (Å²) in [5.41, 5.74) is 17.4. The Morgan fingerprint density at radius 1 is 1.00 bits per heavy atom. The van der Waals surface area contributed by atoms with Gasteiger partial charge in [0.1, 0.15) is 5.69 Å². The number of imidazole rings is 1. The summed E-state index contributed by atoms with van der Waals surface area (Å²) in [6.07, 6.45) is 6.45. The molecule has 1 aliphatic carbocycles. The van der Waals surface area contributed by atoms with E-state index in [4.69, 9.17) is 16.5 Å². The molecule has 0 atom stereocenters. The van der Waals surface area contributed by atoms with Gasteiger partial charge in [-0.1, -0.05) is 54.6 Å². The van der Waals surface area contributed by atoms with Crippen molar-refractivity contribution in [1.82, 2.24) is 14.4 Å². The number of primary amides is 1. The van der Waals surface area contributed by atoms with E-state index in [2.05, 4.69) is 29.2 Å². The molecular weight excluding hydrogens is 362 g/mol. The van der Waals surface area contributed by atoms with Gasteiger partial charge in [0.25, 0.3) is 5.91 Å². The monoisotopic (exact) mass is 383 g/mol. The number of nitrogens with zero attached hydrogens (tertiary/aromatic N) is 3. The highest BCUT2D eigenvalue weighted by Gasteiger charge is 2.34. The minimum atomic E-state index is -0.570. The smallest absolute Gasteiger partial charge is 0.268 e. The molecule has 4 aromatic rings. The molecule has 1 aliphatic rings. The fourth-order valence-corrected chi connectivity index (χ4v) is 3.96. The maximum absolute atomic E-state index is 11.6. The molecule has 1 amide bonds. The third-order valence-electron chi connectivity index (χ3n) is 5.79. The zero-order chi connectivity index (χ0) is 20.0. The second-order valence-electron chi connectivity index (χ2n) is 7.63. The van der Waals surface area contributed by atoms with Gasteiger partial charge in [0, 0.05) is 22.9 Å². The van der Waals surface area contributed by atoms with Gasteiger partial charge in [-0.3, -0.25) is 9.20 Å². The van der Waals surface area contributed by atoms with Crippen LogP contribution < -0.4 is 11.5 Å². The van der Waals surface area contributed by atoms with Crippen molar-refractivity contribution in [2.75, 3.05) is 0 Å². The van der Waals surface area contributed by atoms with Crippen LogP contribution in [0.15, 0.2) is 67.0 Å². The minimum absolute atomic E-state index is 0.194. The van der Waals surface area contributed by atoms with E-state index in [1.54, 1.807) is 12.4 Å². The van der Waals surface area contributed by atoms with Gasteiger partial charge in [0.15, 0.2) is 5.65 Å². The number of nitrogens with two attached hydrogens (primary N) is 2. The third kappa shape index (κ3) is 2.89. The van der Waals surface area contributed by atoms with E-state index in [1.165, 1.54) is 6.42 Å². The maximum Gasteiger partial charge on any atom is 0.268 e. The van der Waals surface area contributed by atoms with E-state index in [9.17, 15) is 4.79 Å². The Morgan fingerprint density at radius 3 is 2.34 bits per heavy atom. The second-order valence-corrected chi connectivity index (χ2v) is 7.63. The number of hydrogen-bond donors (Lipinski definition) is 2. The Hall–Kier alpha value is -3.51. The van der Waals surface area contributed by atoms with Crippen molar-refractivity contribution in [3.8, 4) is 22.5 Å². The summed E-state index contributed by atoms with van der Waals surface area (Å²) < 4.78 is 1.88. The molecule has 144 valence electrons. The summed E-state index contributed by atoms with van der Waals surface area (Å²) in [4.78, 5) is 20.6. The topological polar surface area (TPSA) is 99.3 Å².